The number of nitrogens with zero attached hydrogens (tertiary/aromatic N) is 2. The molecule has 0 fully saturated rings. The Balaban J connectivity index is 1.96. The van der Waals surface area contributed by atoms with Gasteiger partial charge in [0.1, 0.15) is 0 Å². The van der Waals surface area contributed by atoms with Crippen molar-refractivity contribution >= 4 is 45.2 Å². The van der Waals surface area contributed by atoms with Gasteiger partial charge in [-0.25, -0.2) is 4.98 Å². The van der Waals surface area contributed by atoms with E-state index in [9.17, 15) is 10.1 Å². The van der Waals surface area contributed by atoms with Gasteiger partial charge in [0.05, 0.1) is 16.1 Å². The number of hydrogen-bond donors (Lipinski definition) is 2. The van der Waals surface area contributed by atoms with Crippen LogP contribution in [-0.4, -0.2) is 14.9 Å². The van der Waals surface area contributed by atoms with Crippen LogP contribution in [0, 0.1) is 10.1 Å². The molecule has 1 aromatic carbocycles. The lowest BCUT2D eigenvalue weighted by Gasteiger charge is -1.93. The van der Waals surface area contributed by atoms with Crippen molar-refractivity contribution in [2.45, 2.75) is 0 Å². The van der Waals surface area contributed by atoms with Crippen LogP contribution in [-0.2, 0) is 0 Å². The lowest BCUT2D eigenvalue weighted by atomic mass is 10.1. The summed E-state index contributed by atoms with van der Waals surface area (Å²) in [4.78, 5) is 17.5. The standard InChI is InChI=1S/C13H10N4O2S/c14-13-16-9(7-20-13)2-1-8-6-15-12-5-10(17(18)19)3-4-11(8)12/h1-7,15H,(H2,14,16). The number of nitro groups is 1. The molecule has 0 amide bonds. The highest BCUT2D eigenvalue weighted by Crippen LogP contribution is 2.24. The maximum atomic E-state index is 10.7. The fraction of sp³-hybridized carbons (Fsp3) is 0. The predicted octanol–water partition coefficient (Wildman–Crippen LogP) is 3.29. The maximum absolute atomic E-state index is 10.7. The maximum Gasteiger partial charge on any atom is 0.271 e. The number of nitrogen functional groups attached to an aromatic ring is 1. The van der Waals surface area contributed by atoms with Crippen LogP contribution in [0.4, 0.5) is 10.8 Å². The molecule has 3 rings (SSSR count). The van der Waals surface area contributed by atoms with Crippen molar-refractivity contribution in [3.05, 3.63) is 51.1 Å². The number of fused-ring (bicyclic) bond motifs is 1. The largest absolute Gasteiger partial charge is 0.375 e. The first-order chi connectivity index (χ1) is 9.63. The summed E-state index contributed by atoms with van der Waals surface area (Å²) in [5.74, 6) is 0. The third kappa shape index (κ3) is 2.26. The van der Waals surface area contributed by atoms with E-state index in [1.165, 1.54) is 23.5 Å². The summed E-state index contributed by atoms with van der Waals surface area (Å²) in [6.07, 6.45) is 5.57. The number of nitrogens with one attached hydrogen (secondary N) is 1. The van der Waals surface area contributed by atoms with Crippen molar-refractivity contribution < 1.29 is 4.92 Å². The zero-order valence-electron chi connectivity index (χ0n) is 10.2. The van der Waals surface area contributed by atoms with Crippen LogP contribution in [0.5, 0.6) is 0 Å². The van der Waals surface area contributed by atoms with Gasteiger partial charge in [-0.3, -0.25) is 10.1 Å². The van der Waals surface area contributed by atoms with Crippen LogP contribution in [0.1, 0.15) is 11.3 Å². The molecule has 0 aliphatic heterocycles. The molecular formula is C13H10N4O2S. The first-order valence-corrected chi connectivity index (χ1v) is 6.66. The summed E-state index contributed by atoms with van der Waals surface area (Å²) in [6.45, 7) is 0. The number of rotatable bonds is 3. The Bertz CT molecular complexity index is 819. The van der Waals surface area contributed by atoms with Crippen LogP contribution in [0.15, 0.2) is 29.8 Å². The van der Waals surface area contributed by atoms with E-state index >= 15 is 0 Å². The van der Waals surface area contributed by atoms with E-state index in [0.29, 0.717) is 5.13 Å². The van der Waals surface area contributed by atoms with E-state index < -0.39 is 4.92 Å². The number of benzene rings is 1. The average molecular weight is 286 g/mol. The minimum absolute atomic E-state index is 0.0714. The molecule has 2 heterocycles. The third-order valence-corrected chi connectivity index (χ3v) is 3.57. The summed E-state index contributed by atoms with van der Waals surface area (Å²) in [5, 5.41) is 14.0. The van der Waals surface area contributed by atoms with Crippen LogP contribution in [0.3, 0.4) is 0 Å². The first-order valence-electron chi connectivity index (χ1n) is 5.78. The van der Waals surface area contributed by atoms with E-state index in [4.69, 9.17) is 5.73 Å². The normalized spacial score (nSPS) is 11.4. The van der Waals surface area contributed by atoms with Crippen molar-refractivity contribution in [3.63, 3.8) is 0 Å². The molecule has 0 spiro atoms. The Kier molecular flexibility index (Phi) is 2.96. The molecule has 6 nitrogen and oxygen atoms in total. The Labute approximate surface area is 117 Å². The Hall–Kier alpha value is -2.67. The summed E-state index contributed by atoms with van der Waals surface area (Å²) in [5.41, 5.74) is 8.11. The smallest absolute Gasteiger partial charge is 0.271 e. The minimum Gasteiger partial charge on any atom is -0.375 e. The van der Waals surface area contributed by atoms with E-state index in [1.54, 1.807) is 12.3 Å². The van der Waals surface area contributed by atoms with Gasteiger partial charge in [0.25, 0.3) is 5.69 Å². The van der Waals surface area contributed by atoms with Gasteiger partial charge >= 0.3 is 0 Å². The molecule has 0 bridgehead atoms. The zero-order valence-corrected chi connectivity index (χ0v) is 11.1. The molecule has 0 saturated carbocycles. The van der Waals surface area contributed by atoms with Crippen molar-refractivity contribution in [1.82, 2.24) is 9.97 Å². The SMILES string of the molecule is Nc1nc(C=Cc2c[nH]c3cc([N+](=O)[O-])ccc23)cs1. The van der Waals surface area contributed by atoms with Gasteiger partial charge in [-0.15, -0.1) is 11.3 Å². The van der Waals surface area contributed by atoms with Gasteiger partial charge in [0, 0.05) is 29.1 Å². The van der Waals surface area contributed by atoms with Crippen LogP contribution in [0.2, 0.25) is 0 Å². The number of thiazole rings is 1. The molecule has 0 saturated heterocycles. The van der Waals surface area contributed by atoms with E-state index in [-0.39, 0.29) is 5.69 Å². The van der Waals surface area contributed by atoms with Gasteiger partial charge in [0.15, 0.2) is 5.13 Å². The molecule has 0 aliphatic rings. The van der Waals surface area contributed by atoms with Crippen LogP contribution in [0.25, 0.3) is 23.1 Å². The topological polar surface area (TPSA) is 97.8 Å². The van der Waals surface area contributed by atoms with Crippen LogP contribution >= 0.6 is 11.3 Å². The van der Waals surface area contributed by atoms with Gasteiger partial charge in [-0.1, -0.05) is 6.08 Å². The molecule has 3 aromatic rings. The van der Waals surface area contributed by atoms with Gasteiger partial charge in [0.2, 0.25) is 0 Å². The van der Waals surface area contributed by atoms with Gasteiger partial charge in [-0.05, 0) is 17.7 Å². The number of nitro benzene ring substituents is 1. The fourth-order valence-corrected chi connectivity index (χ4v) is 2.47. The predicted molar refractivity (Wildman–Crippen MR) is 80.4 cm³/mol. The fourth-order valence-electron chi connectivity index (χ4n) is 1.94. The molecule has 0 aliphatic carbocycles. The van der Waals surface area contributed by atoms with E-state index in [0.717, 1.165) is 22.2 Å². The highest BCUT2D eigenvalue weighted by atomic mass is 32.1. The molecule has 0 radical (unpaired) electrons. The van der Waals surface area contributed by atoms with Crippen molar-refractivity contribution in [2.75, 3.05) is 5.73 Å². The number of hydrogen-bond acceptors (Lipinski definition) is 5. The lowest BCUT2D eigenvalue weighted by Crippen LogP contribution is -1.86. The minimum atomic E-state index is -0.409. The second kappa shape index (κ2) is 4.78. The lowest BCUT2D eigenvalue weighted by molar-refractivity contribution is -0.384. The number of aromatic nitrogens is 2. The second-order valence-corrected chi connectivity index (χ2v) is 5.06. The highest BCUT2D eigenvalue weighted by molar-refractivity contribution is 7.13. The summed E-state index contributed by atoms with van der Waals surface area (Å²) in [6, 6.07) is 4.75. The number of anilines is 1. The van der Waals surface area contributed by atoms with Crippen molar-refractivity contribution in [2.24, 2.45) is 0 Å². The zero-order chi connectivity index (χ0) is 14.1. The monoisotopic (exact) mass is 286 g/mol. The van der Waals surface area contributed by atoms with Gasteiger partial charge < -0.3 is 10.7 Å². The van der Waals surface area contributed by atoms with Crippen LogP contribution < -0.4 is 5.73 Å². The molecule has 20 heavy (non-hydrogen) atoms. The van der Waals surface area contributed by atoms with E-state index in [2.05, 4.69) is 9.97 Å². The second-order valence-electron chi connectivity index (χ2n) is 4.17. The van der Waals surface area contributed by atoms with E-state index in [1.807, 2.05) is 17.5 Å². The molecule has 0 atom stereocenters. The Morgan fingerprint density at radius 3 is 2.95 bits per heavy atom. The summed E-state index contributed by atoms with van der Waals surface area (Å²) in [7, 11) is 0. The molecule has 7 heteroatoms. The quantitative estimate of drug-likeness (QED) is 0.570. The van der Waals surface area contributed by atoms with Crippen molar-refractivity contribution in [3.8, 4) is 0 Å². The molecule has 100 valence electrons. The molecular weight excluding hydrogens is 276 g/mol. The first kappa shape index (κ1) is 12.4. The summed E-state index contributed by atoms with van der Waals surface area (Å²) < 4.78 is 0. The number of nitrogens with two attached hydrogens (primary N) is 1. The Morgan fingerprint density at radius 1 is 1.40 bits per heavy atom. The number of non-ortho nitro benzene ring substituents is 1. The Morgan fingerprint density at radius 2 is 2.25 bits per heavy atom. The summed E-state index contributed by atoms with van der Waals surface area (Å²) >= 11 is 1.38. The van der Waals surface area contributed by atoms with Crippen molar-refractivity contribution in [1.29, 1.82) is 0 Å². The average Bonchev–Trinajstić information content (AvgIpc) is 3.02. The number of aromatic amines is 1. The number of H-pyrrole nitrogens is 1. The molecule has 0 unspecified atom stereocenters. The third-order valence-electron chi connectivity index (χ3n) is 2.88. The van der Waals surface area contributed by atoms with Gasteiger partial charge in [-0.2, -0.15) is 0 Å². The molecule has 2 aromatic heterocycles. The highest BCUT2D eigenvalue weighted by Gasteiger charge is 2.08. The molecule has 3 N–H and O–H groups in total.